The summed E-state index contributed by atoms with van der Waals surface area (Å²) < 4.78 is 0. The third-order valence-electron chi connectivity index (χ3n) is 1.77. The van der Waals surface area contributed by atoms with E-state index in [1.54, 1.807) is 11.8 Å². The van der Waals surface area contributed by atoms with Crippen LogP contribution in [0.2, 0.25) is 5.02 Å². The molecule has 76 valence electrons. The predicted molar refractivity (Wildman–Crippen MR) is 65.7 cm³/mol. The first-order valence-electron chi connectivity index (χ1n) is 4.07. The van der Waals surface area contributed by atoms with E-state index in [-0.39, 0.29) is 5.78 Å². The van der Waals surface area contributed by atoms with Gasteiger partial charge in [0.25, 0.3) is 0 Å². The lowest BCUT2D eigenvalue weighted by molar-refractivity contribution is -0.115. The number of halogens is 2. The molecule has 0 aliphatic heterocycles. The molecule has 0 aliphatic carbocycles. The minimum Gasteiger partial charge on any atom is -0.298 e. The normalized spacial score (nSPS) is 10.2. The van der Waals surface area contributed by atoms with Crippen LogP contribution >= 0.6 is 39.3 Å². The lowest BCUT2D eigenvalue weighted by Gasteiger charge is -2.03. The average molecular weight is 294 g/mol. The van der Waals surface area contributed by atoms with Crippen molar-refractivity contribution in [1.82, 2.24) is 0 Å². The zero-order chi connectivity index (χ0) is 10.6. The van der Waals surface area contributed by atoms with Gasteiger partial charge in [0.15, 0.2) is 0 Å². The number of hydrogen-bond donors (Lipinski definition) is 0. The summed E-state index contributed by atoms with van der Waals surface area (Å²) in [5, 5.41) is 1.12. The highest BCUT2D eigenvalue weighted by atomic mass is 79.9. The summed E-state index contributed by atoms with van der Waals surface area (Å²) in [5.74, 6) is 0.165. The van der Waals surface area contributed by atoms with Gasteiger partial charge < -0.3 is 0 Å². The molecule has 0 atom stereocenters. The van der Waals surface area contributed by atoms with E-state index in [4.69, 9.17) is 11.6 Å². The second-order valence-electron chi connectivity index (χ2n) is 2.82. The van der Waals surface area contributed by atoms with E-state index in [9.17, 15) is 4.79 Å². The monoisotopic (exact) mass is 292 g/mol. The molecule has 1 aromatic rings. The third-order valence-corrected chi connectivity index (χ3v) is 3.61. The molecule has 0 aromatic heterocycles. The van der Waals surface area contributed by atoms with Crippen molar-refractivity contribution in [3.8, 4) is 0 Å². The van der Waals surface area contributed by atoms with E-state index in [1.807, 2.05) is 24.5 Å². The fourth-order valence-electron chi connectivity index (χ4n) is 1.09. The van der Waals surface area contributed by atoms with Crippen LogP contribution in [0.15, 0.2) is 23.1 Å². The van der Waals surface area contributed by atoms with Gasteiger partial charge in [-0.3, -0.25) is 4.79 Å². The molecule has 14 heavy (non-hydrogen) atoms. The van der Waals surface area contributed by atoms with Crippen LogP contribution < -0.4 is 0 Å². The van der Waals surface area contributed by atoms with Crippen molar-refractivity contribution < 1.29 is 4.79 Å². The molecule has 0 radical (unpaired) electrons. The highest BCUT2D eigenvalue weighted by Gasteiger charge is 2.04. The Morgan fingerprint density at radius 3 is 2.79 bits per heavy atom. The average Bonchev–Trinajstić information content (AvgIpc) is 2.18. The Morgan fingerprint density at radius 1 is 1.57 bits per heavy atom. The van der Waals surface area contributed by atoms with Crippen LogP contribution in [0.1, 0.15) is 5.56 Å². The van der Waals surface area contributed by atoms with Crippen molar-refractivity contribution in [2.24, 2.45) is 0 Å². The molecular weight excluding hydrogens is 284 g/mol. The summed E-state index contributed by atoms with van der Waals surface area (Å²) in [6.07, 6.45) is 2.42. The molecule has 0 amide bonds. The van der Waals surface area contributed by atoms with Crippen molar-refractivity contribution in [1.29, 1.82) is 0 Å². The number of carbonyl (C=O) groups excluding carboxylic acids is 1. The maximum absolute atomic E-state index is 11.2. The molecule has 0 saturated heterocycles. The number of thioether (sulfide) groups is 1. The fraction of sp³-hybridized carbons (Fsp3) is 0.300. The van der Waals surface area contributed by atoms with Gasteiger partial charge in [-0.15, -0.1) is 11.8 Å². The van der Waals surface area contributed by atoms with E-state index in [2.05, 4.69) is 15.9 Å². The second-order valence-corrected chi connectivity index (χ2v) is 4.63. The highest BCUT2D eigenvalue weighted by Crippen LogP contribution is 2.26. The summed E-state index contributed by atoms with van der Waals surface area (Å²) in [5.41, 5.74) is 0.970. The van der Waals surface area contributed by atoms with Crippen molar-refractivity contribution in [3.05, 3.63) is 28.8 Å². The van der Waals surface area contributed by atoms with Crippen LogP contribution in [0.5, 0.6) is 0 Å². The molecule has 0 unspecified atom stereocenters. The summed E-state index contributed by atoms with van der Waals surface area (Å²) in [4.78, 5) is 12.2. The zero-order valence-corrected chi connectivity index (χ0v) is 10.9. The molecule has 1 rings (SSSR count). The second kappa shape index (κ2) is 5.79. The standard InChI is InChI=1S/C10H10BrClOS/c1-14-10-3-2-7(5-9(10)12)4-8(13)6-11/h2-3,5H,4,6H2,1H3. The van der Waals surface area contributed by atoms with Gasteiger partial charge in [0.2, 0.25) is 0 Å². The molecule has 0 saturated carbocycles. The molecule has 0 heterocycles. The maximum Gasteiger partial charge on any atom is 0.147 e. The van der Waals surface area contributed by atoms with Crippen LogP contribution in [-0.4, -0.2) is 17.4 Å². The highest BCUT2D eigenvalue weighted by molar-refractivity contribution is 9.09. The molecule has 0 N–H and O–H groups in total. The molecular formula is C10H10BrClOS. The van der Waals surface area contributed by atoms with Gasteiger partial charge in [0.1, 0.15) is 5.78 Å². The SMILES string of the molecule is CSc1ccc(CC(=O)CBr)cc1Cl. The van der Waals surface area contributed by atoms with Crippen LogP contribution in [-0.2, 0) is 11.2 Å². The predicted octanol–water partition coefficient (Wildman–Crippen LogP) is 3.57. The largest absolute Gasteiger partial charge is 0.298 e. The Morgan fingerprint density at radius 2 is 2.29 bits per heavy atom. The van der Waals surface area contributed by atoms with Crippen LogP contribution in [0.3, 0.4) is 0 Å². The number of rotatable bonds is 4. The summed E-state index contributed by atoms with van der Waals surface area (Å²) in [7, 11) is 0. The Balaban J connectivity index is 2.81. The topological polar surface area (TPSA) is 17.1 Å². The molecule has 1 aromatic carbocycles. The Kier molecular flexibility index (Phi) is 4.99. The van der Waals surface area contributed by atoms with Gasteiger partial charge in [0, 0.05) is 11.3 Å². The summed E-state index contributed by atoms with van der Waals surface area (Å²) in [6, 6.07) is 5.75. The maximum atomic E-state index is 11.2. The number of benzene rings is 1. The van der Waals surface area contributed by atoms with E-state index in [0.717, 1.165) is 15.5 Å². The molecule has 0 fully saturated rings. The third kappa shape index (κ3) is 3.30. The van der Waals surface area contributed by atoms with Crippen molar-refractivity contribution in [3.63, 3.8) is 0 Å². The minimum atomic E-state index is 0.165. The first-order chi connectivity index (χ1) is 6.67. The number of Topliss-reactive ketones (excluding diaryl/α,β-unsaturated/α-hetero) is 1. The Labute approximate surface area is 101 Å². The molecule has 0 spiro atoms. The van der Waals surface area contributed by atoms with Crippen LogP contribution in [0, 0.1) is 0 Å². The molecule has 1 nitrogen and oxygen atoms in total. The summed E-state index contributed by atoms with van der Waals surface area (Å²) in [6.45, 7) is 0. The molecule has 0 bridgehead atoms. The summed E-state index contributed by atoms with van der Waals surface area (Å²) >= 11 is 10.7. The van der Waals surface area contributed by atoms with Crippen LogP contribution in [0.4, 0.5) is 0 Å². The van der Waals surface area contributed by atoms with E-state index in [0.29, 0.717) is 11.8 Å². The van der Waals surface area contributed by atoms with Crippen molar-refractivity contribution in [2.45, 2.75) is 11.3 Å². The molecule has 0 aliphatic rings. The molecule has 4 heteroatoms. The number of hydrogen-bond acceptors (Lipinski definition) is 2. The first-order valence-corrected chi connectivity index (χ1v) is 6.80. The van der Waals surface area contributed by atoms with Gasteiger partial charge >= 0.3 is 0 Å². The lowest BCUT2D eigenvalue weighted by atomic mass is 10.1. The lowest BCUT2D eigenvalue weighted by Crippen LogP contribution is -2.03. The van der Waals surface area contributed by atoms with E-state index < -0.39 is 0 Å². The van der Waals surface area contributed by atoms with Gasteiger partial charge in [-0.1, -0.05) is 33.6 Å². The van der Waals surface area contributed by atoms with Crippen molar-refractivity contribution >= 4 is 45.1 Å². The van der Waals surface area contributed by atoms with E-state index >= 15 is 0 Å². The van der Waals surface area contributed by atoms with Gasteiger partial charge in [0.05, 0.1) is 10.4 Å². The minimum absolute atomic E-state index is 0.165. The van der Waals surface area contributed by atoms with Gasteiger partial charge in [-0.25, -0.2) is 0 Å². The first kappa shape index (κ1) is 12.1. The van der Waals surface area contributed by atoms with Crippen molar-refractivity contribution in [2.75, 3.05) is 11.6 Å². The van der Waals surface area contributed by atoms with Gasteiger partial charge in [-0.05, 0) is 24.0 Å². The van der Waals surface area contributed by atoms with Crippen LogP contribution in [0.25, 0.3) is 0 Å². The fourth-order valence-corrected chi connectivity index (χ4v) is 2.19. The zero-order valence-electron chi connectivity index (χ0n) is 7.72. The number of alkyl halides is 1. The smallest absolute Gasteiger partial charge is 0.147 e. The Bertz CT molecular complexity index is 341. The van der Waals surface area contributed by atoms with Gasteiger partial charge in [-0.2, -0.15) is 0 Å². The number of carbonyl (C=O) groups is 1. The quantitative estimate of drug-likeness (QED) is 0.623. The Hall–Kier alpha value is 0.01000. The number of ketones is 1. The van der Waals surface area contributed by atoms with E-state index in [1.165, 1.54) is 0 Å².